The Morgan fingerprint density at radius 1 is 1.06 bits per heavy atom. The topological polar surface area (TPSA) is 18.5 Å². The highest BCUT2D eigenvalue weighted by Crippen LogP contribution is 2.32. The summed E-state index contributed by atoms with van der Waals surface area (Å²) in [6, 6.07) is 13.5. The number of benzene rings is 2. The van der Waals surface area contributed by atoms with Gasteiger partial charge in [0, 0.05) is 11.4 Å². The Morgan fingerprint density at radius 2 is 1.83 bits per heavy atom. The van der Waals surface area contributed by atoms with E-state index in [-0.39, 0.29) is 0 Å². The Labute approximate surface area is 123 Å². The van der Waals surface area contributed by atoms with Crippen molar-refractivity contribution in [2.45, 2.75) is 5.33 Å². The van der Waals surface area contributed by atoms with E-state index in [9.17, 15) is 0 Å². The van der Waals surface area contributed by atoms with E-state index >= 15 is 0 Å². The molecule has 2 rings (SSSR count). The molecule has 0 aliphatic heterocycles. The van der Waals surface area contributed by atoms with Crippen LogP contribution in [0.5, 0.6) is 17.2 Å². The van der Waals surface area contributed by atoms with Crippen LogP contribution < -0.4 is 9.47 Å². The predicted molar refractivity (Wildman–Crippen MR) is 79.8 cm³/mol. The van der Waals surface area contributed by atoms with Crippen LogP contribution in [-0.4, -0.2) is 7.11 Å². The molecule has 94 valence electrons. The molecule has 0 aromatic heterocycles. The van der Waals surface area contributed by atoms with E-state index in [1.54, 1.807) is 7.11 Å². The van der Waals surface area contributed by atoms with Gasteiger partial charge in [0.1, 0.15) is 17.2 Å². The molecule has 0 bridgehead atoms. The second kappa shape index (κ2) is 6.25. The van der Waals surface area contributed by atoms with E-state index in [1.165, 1.54) is 5.56 Å². The normalized spacial score (nSPS) is 10.2. The van der Waals surface area contributed by atoms with Gasteiger partial charge < -0.3 is 9.47 Å². The quantitative estimate of drug-likeness (QED) is 0.692. The lowest BCUT2D eigenvalue weighted by atomic mass is 10.2. The number of ether oxygens (including phenoxy) is 2. The summed E-state index contributed by atoms with van der Waals surface area (Å²) < 4.78 is 11.9. The lowest BCUT2D eigenvalue weighted by Gasteiger charge is -2.09. The van der Waals surface area contributed by atoms with Gasteiger partial charge >= 0.3 is 0 Å². The fourth-order valence-corrected chi connectivity index (χ4v) is 2.36. The minimum atomic E-state index is 0.752. The minimum absolute atomic E-state index is 0.752. The maximum Gasteiger partial charge on any atom is 0.141 e. The van der Waals surface area contributed by atoms with Gasteiger partial charge in [-0.25, -0.2) is 0 Å². The first-order valence-electron chi connectivity index (χ1n) is 5.39. The third-order valence-electron chi connectivity index (χ3n) is 2.42. The van der Waals surface area contributed by atoms with Crippen LogP contribution >= 0.6 is 31.9 Å². The highest BCUT2D eigenvalue weighted by Gasteiger charge is 2.04. The fourth-order valence-electron chi connectivity index (χ4n) is 1.50. The summed E-state index contributed by atoms with van der Waals surface area (Å²) in [6.45, 7) is 0. The maximum atomic E-state index is 5.81. The Morgan fingerprint density at radius 3 is 2.50 bits per heavy atom. The molecule has 2 aromatic carbocycles. The van der Waals surface area contributed by atoms with Crippen molar-refractivity contribution in [3.05, 3.63) is 52.5 Å². The molecule has 2 aromatic rings. The molecule has 0 unspecified atom stereocenters. The summed E-state index contributed by atoms with van der Waals surface area (Å²) in [6.07, 6.45) is 0. The fraction of sp³-hybridized carbons (Fsp3) is 0.143. The van der Waals surface area contributed by atoms with Gasteiger partial charge in [-0.3, -0.25) is 0 Å². The van der Waals surface area contributed by atoms with Gasteiger partial charge in [0.15, 0.2) is 0 Å². The van der Waals surface area contributed by atoms with Crippen LogP contribution in [0.4, 0.5) is 0 Å². The van der Waals surface area contributed by atoms with Crippen molar-refractivity contribution >= 4 is 31.9 Å². The van der Waals surface area contributed by atoms with Crippen LogP contribution in [0.2, 0.25) is 0 Å². The second-order valence-corrected chi connectivity index (χ2v) is 5.09. The smallest absolute Gasteiger partial charge is 0.141 e. The zero-order chi connectivity index (χ0) is 13.0. The lowest BCUT2D eigenvalue weighted by molar-refractivity contribution is 0.409. The standard InChI is InChI=1S/C14H12Br2O2/c1-17-11-3-2-4-12(8-11)18-14-6-5-10(9-15)7-13(14)16/h2-8H,9H2,1H3. The van der Waals surface area contributed by atoms with Crippen LogP contribution in [0.1, 0.15) is 5.56 Å². The molecule has 0 N–H and O–H groups in total. The monoisotopic (exact) mass is 370 g/mol. The number of alkyl halides is 1. The SMILES string of the molecule is COc1cccc(Oc2ccc(CBr)cc2Br)c1. The number of rotatable bonds is 4. The highest BCUT2D eigenvalue weighted by molar-refractivity contribution is 9.10. The van der Waals surface area contributed by atoms with Crippen molar-refractivity contribution in [1.82, 2.24) is 0 Å². The lowest BCUT2D eigenvalue weighted by Crippen LogP contribution is -1.88. The van der Waals surface area contributed by atoms with E-state index in [2.05, 4.69) is 31.9 Å². The van der Waals surface area contributed by atoms with Gasteiger partial charge in [-0.05, 0) is 45.8 Å². The molecule has 4 heteroatoms. The zero-order valence-corrected chi connectivity index (χ0v) is 13.0. The van der Waals surface area contributed by atoms with Crippen LogP contribution in [-0.2, 0) is 5.33 Å². The Bertz CT molecular complexity index is 541. The molecule has 0 radical (unpaired) electrons. The number of hydrogen-bond acceptors (Lipinski definition) is 2. The molecule has 0 amide bonds. The second-order valence-electron chi connectivity index (χ2n) is 3.68. The summed E-state index contributed by atoms with van der Waals surface area (Å²) in [5, 5.41) is 0.824. The van der Waals surface area contributed by atoms with Crippen molar-refractivity contribution in [2.24, 2.45) is 0 Å². The van der Waals surface area contributed by atoms with Gasteiger partial charge in [0.05, 0.1) is 11.6 Å². The van der Waals surface area contributed by atoms with Crippen LogP contribution in [0.3, 0.4) is 0 Å². The van der Waals surface area contributed by atoms with Crippen LogP contribution in [0, 0.1) is 0 Å². The average Bonchev–Trinajstić information content (AvgIpc) is 2.41. The molecule has 18 heavy (non-hydrogen) atoms. The van der Waals surface area contributed by atoms with Crippen LogP contribution in [0.15, 0.2) is 46.9 Å². The van der Waals surface area contributed by atoms with Crippen molar-refractivity contribution in [3.63, 3.8) is 0 Å². The summed E-state index contributed by atoms with van der Waals surface area (Å²) >= 11 is 6.93. The van der Waals surface area contributed by atoms with Gasteiger partial charge in [0.25, 0.3) is 0 Å². The zero-order valence-electron chi connectivity index (χ0n) is 9.82. The Kier molecular flexibility index (Phi) is 4.66. The molecule has 0 aliphatic rings. The number of halogens is 2. The Balaban J connectivity index is 2.22. The highest BCUT2D eigenvalue weighted by atomic mass is 79.9. The third kappa shape index (κ3) is 3.27. The molecule has 0 spiro atoms. The average molecular weight is 372 g/mol. The first-order chi connectivity index (χ1) is 8.72. The molecule has 0 aliphatic carbocycles. The summed E-state index contributed by atoms with van der Waals surface area (Å²) in [5.41, 5.74) is 1.19. The molecule has 0 heterocycles. The van der Waals surface area contributed by atoms with Gasteiger partial charge in [-0.15, -0.1) is 0 Å². The molecular formula is C14H12Br2O2. The van der Waals surface area contributed by atoms with E-state index in [0.717, 1.165) is 27.1 Å². The Hall–Kier alpha value is -1.000. The van der Waals surface area contributed by atoms with Crippen molar-refractivity contribution in [3.8, 4) is 17.2 Å². The maximum absolute atomic E-state index is 5.81. The van der Waals surface area contributed by atoms with Crippen molar-refractivity contribution in [2.75, 3.05) is 7.11 Å². The van der Waals surface area contributed by atoms with E-state index in [4.69, 9.17) is 9.47 Å². The molecule has 0 atom stereocenters. The number of methoxy groups -OCH3 is 1. The first-order valence-corrected chi connectivity index (χ1v) is 7.30. The largest absolute Gasteiger partial charge is 0.497 e. The van der Waals surface area contributed by atoms with Crippen molar-refractivity contribution in [1.29, 1.82) is 0 Å². The van der Waals surface area contributed by atoms with Gasteiger partial charge in [-0.2, -0.15) is 0 Å². The summed E-state index contributed by atoms with van der Waals surface area (Å²) in [4.78, 5) is 0. The van der Waals surface area contributed by atoms with E-state index in [1.807, 2.05) is 42.5 Å². The summed E-state index contributed by atoms with van der Waals surface area (Å²) in [7, 11) is 1.64. The van der Waals surface area contributed by atoms with E-state index < -0.39 is 0 Å². The molecular weight excluding hydrogens is 360 g/mol. The first kappa shape index (κ1) is 13.4. The molecule has 0 fully saturated rings. The molecule has 0 saturated carbocycles. The van der Waals surface area contributed by atoms with Crippen LogP contribution in [0.25, 0.3) is 0 Å². The molecule has 2 nitrogen and oxygen atoms in total. The summed E-state index contributed by atoms with van der Waals surface area (Å²) in [5.74, 6) is 2.32. The number of hydrogen-bond donors (Lipinski definition) is 0. The third-order valence-corrected chi connectivity index (χ3v) is 3.69. The molecule has 0 saturated heterocycles. The van der Waals surface area contributed by atoms with E-state index in [0.29, 0.717) is 0 Å². The predicted octanol–water partition coefficient (Wildman–Crippen LogP) is 5.14. The van der Waals surface area contributed by atoms with Crippen molar-refractivity contribution < 1.29 is 9.47 Å². The van der Waals surface area contributed by atoms with Gasteiger partial charge in [0.2, 0.25) is 0 Å². The van der Waals surface area contributed by atoms with Gasteiger partial charge in [-0.1, -0.05) is 28.1 Å². The minimum Gasteiger partial charge on any atom is -0.497 e.